The van der Waals surface area contributed by atoms with Gasteiger partial charge >= 0.3 is 0 Å². The Morgan fingerprint density at radius 2 is 1.11 bits per heavy atom. The molecule has 3 aliphatic heterocycles. The van der Waals surface area contributed by atoms with Gasteiger partial charge in [-0.2, -0.15) is 0 Å². The largest absolute Gasteiger partial charge is 0.284 e. The van der Waals surface area contributed by atoms with Gasteiger partial charge in [-0.15, -0.1) is 0 Å². The van der Waals surface area contributed by atoms with E-state index < -0.39 is 0 Å². The van der Waals surface area contributed by atoms with Crippen LogP contribution in [0.4, 0.5) is 0 Å². The van der Waals surface area contributed by atoms with Crippen LogP contribution < -0.4 is 0 Å². The van der Waals surface area contributed by atoms with Crippen LogP contribution in [0.15, 0.2) is 72.4 Å². The molecule has 3 rings (SSSR count). The first-order valence-corrected chi connectivity index (χ1v) is 5.55. The SMILES string of the molecule is O=C1C=C2C=CC=CN2C(=O)C=C2C=CC=CN12. The molecule has 2 amide bonds. The number of carbonyl (C=O) groups excluding carboxylic acids is 2. The Bertz CT molecular complexity index is 549. The lowest BCUT2D eigenvalue weighted by molar-refractivity contribution is -0.123. The quantitative estimate of drug-likeness (QED) is 0.643. The van der Waals surface area contributed by atoms with Crippen LogP contribution in [0.25, 0.3) is 0 Å². The summed E-state index contributed by atoms with van der Waals surface area (Å²) in [7, 11) is 0. The molecule has 0 saturated heterocycles. The Balaban J connectivity index is 2.10. The van der Waals surface area contributed by atoms with Crippen LogP contribution in [-0.4, -0.2) is 21.6 Å². The first-order valence-electron chi connectivity index (χ1n) is 5.55. The number of hydrogen-bond donors (Lipinski definition) is 0. The molecule has 4 heteroatoms. The van der Waals surface area contributed by atoms with Gasteiger partial charge in [-0.25, -0.2) is 0 Å². The average molecular weight is 238 g/mol. The molecule has 0 unspecified atom stereocenters. The molecule has 0 radical (unpaired) electrons. The topological polar surface area (TPSA) is 40.6 Å². The van der Waals surface area contributed by atoms with Gasteiger partial charge in [-0.05, 0) is 24.3 Å². The van der Waals surface area contributed by atoms with Crippen LogP contribution >= 0.6 is 0 Å². The third kappa shape index (κ3) is 1.64. The van der Waals surface area contributed by atoms with Crippen molar-refractivity contribution in [1.82, 2.24) is 9.80 Å². The van der Waals surface area contributed by atoms with Crippen LogP contribution in [0.2, 0.25) is 0 Å². The number of carbonyl (C=O) groups is 2. The molecule has 0 fully saturated rings. The molecule has 0 atom stereocenters. The summed E-state index contributed by atoms with van der Waals surface area (Å²) in [4.78, 5) is 27.1. The molecule has 0 bridgehead atoms. The van der Waals surface area contributed by atoms with E-state index in [1.54, 1.807) is 48.9 Å². The molecule has 0 aromatic heterocycles. The highest BCUT2D eigenvalue weighted by Gasteiger charge is 2.23. The predicted molar refractivity (Wildman–Crippen MR) is 66.4 cm³/mol. The summed E-state index contributed by atoms with van der Waals surface area (Å²) in [6, 6.07) is 0. The maximum absolute atomic E-state index is 12.1. The van der Waals surface area contributed by atoms with Gasteiger partial charge < -0.3 is 0 Å². The fraction of sp³-hybridized carbons (Fsp3) is 0. The van der Waals surface area contributed by atoms with Crippen LogP contribution in [0, 0.1) is 0 Å². The van der Waals surface area contributed by atoms with Gasteiger partial charge in [-0.1, -0.05) is 12.2 Å². The monoisotopic (exact) mass is 238 g/mol. The minimum atomic E-state index is -0.172. The summed E-state index contributed by atoms with van der Waals surface area (Å²) in [5, 5.41) is 0. The van der Waals surface area contributed by atoms with Crippen LogP contribution in [0.3, 0.4) is 0 Å². The van der Waals surface area contributed by atoms with Crippen molar-refractivity contribution in [1.29, 1.82) is 0 Å². The van der Waals surface area contributed by atoms with Crippen molar-refractivity contribution in [2.24, 2.45) is 0 Å². The van der Waals surface area contributed by atoms with Crippen LogP contribution in [0.5, 0.6) is 0 Å². The van der Waals surface area contributed by atoms with Crippen molar-refractivity contribution in [2.75, 3.05) is 0 Å². The molecule has 3 aliphatic rings. The second kappa shape index (κ2) is 4.00. The number of fused-ring (bicyclic) bond motifs is 2. The second-order valence-corrected chi connectivity index (χ2v) is 3.96. The minimum Gasteiger partial charge on any atom is -0.284 e. The van der Waals surface area contributed by atoms with Gasteiger partial charge in [0.05, 0.1) is 11.4 Å². The third-order valence-corrected chi connectivity index (χ3v) is 2.80. The fourth-order valence-corrected chi connectivity index (χ4v) is 1.94. The summed E-state index contributed by atoms with van der Waals surface area (Å²) < 4.78 is 0. The molecule has 0 saturated carbocycles. The van der Waals surface area contributed by atoms with Gasteiger partial charge in [0.15, 0.2) is 0 Å². The zero-order valence-corrected chi connectivity index (χ0v) is 9.48. The molecule has 18 heavy (non-hydrogen) atoms. The van der Waals surface area contributed by atoms with Crippen molar-refractivity contribution in [3.63, 3.8) is 0 Å². The highest BCUT2D eigenvalue weighted by molar-refractivity contribution is 5.98. The van der Waals surface area contributed by atoms with E-state index in [-0.39, 0.29) is 11.8 Å². The average Bonchev–Trinajstić information content (AvgIpc) is 2.38. The van der Waals surface area contributed by atoms with Crippen molar-refractivity contribution in [3.8, 4) is 0 Å². The van der Waals surface area contributed by atoms with E-state index in [0.29, 0.717) is 11.4 Å². The van der Waals surface area contributed by atoms with Gasteiger partial charge in [0, 0.05) is 24.6 Å². The van der Waals surface area contributed by atoms with E-state index in [1.165, 1.54) is 22.0 Å². The van der Waals surface area contributed by atoms with Crippen molar-refractivity contribution < 1.29 is 9.59 Å². The van der Waals surface area contributed by atoms with E-state index in [4.69, 9.17) is 0 Å². The molecule has 4 nitrogen and oxygen atoms in total. The molecule has 0 spiro atoms. The van der Waals surface area contributed by atoms with Crippen molar-refractivity contribution >= 4 is 11.8 Å². The Labute approximate surface area is 104 Å². The standard InChI is InChI=1S/C14H10N2O2/c17-13-9-11-5-1-3-7-15(11)14(18)10-12-6-2-4-8-16(12)13/h1-10H. The predicted octanol–water partition coefficient (Wildman–Crippen LogP) is 1.59. The van der Waals surface area contributed by atoms with Crippen molar-refractivity contribution in [2.45, 2.75) is 0 Å². The lowest BCUT2D eigenvalue weighted by atomic mass is 10.1. The summed E-state index contributed by atoms with van der Waals surface area (Å²) in [6.45, 7) is 0. The van der Waals surface area contributed by atoms with E-state index in [1.807, 2.05) is 0 Å². The number of allylic oxidation sites excluding steroid dienone is 6. The van der Waals surface area contributed by atoms with Crippen LogP contribution in [-0.2, 0) is 9.59 Å². The fourth-order valence-electron chi connectivity index (χ4n) is 1.94. The zero-order chi connectivity index (χ0) is 12.5. The maximum atomic E-state index is 12.1. The first kappa shape index (κ1) is 10.5. The van der Waals surface area contributed by atoms with Gasteiger partial charge in [0.25, 0.3) is 11.8 Å². The van der Waals surface area contributed by atoms with E-state index in [0.717, 1.165) is 0 Å². The Morgan fingerprint density at radius 1 is 0.667 bits per heavy atom. The third-order valence-electron chi connectivity index (χ3n) is 2.80. The smallest absolute Gasteiger partial charge is 0.257 e. The molecule has 0 aromatic carbocycles. The van der Waals surface area contributed by atoms with Gasteiger partial charge in [0.1, 0.15) is 0 Å². The minimum absolute atomic E-state index is 0.172. The molecule has 0 N–H and O–H groups in total. The Morgan fingerprint density at radius 3 is 1.56 bits per heavy atom. The number of rotatable bonds is 0. The second-order valence-electron chi connectivity index (χ2n) is 3.96. The first-order chi connectivity index (χ1) is 8.75. The normalized spacial score (nSPS) is 21.1. The summed E-state index contributed by atoms with van der Waals surface area (Å²) in [5.74, 6) is -0.344. The van der Waals surface area contributed by atoms with E-state index in [9.17, 15) is 9.59 Å². The molecular weight excluding hydrogens is 228 g/mol. The molecule has 0 aliphatic carbocycles. The van der Waals surface area contributed by atoms with Crippen molar-refractivity contribution in [3.05, 3.63) is 72.4 Å². The Hall–Kier alpha value is -2.62. The highest BCUT2D eigenvalue weighted by atomic mass is 16.2. The summed E-state index contributed by atoms with van der Waals surface area (Å²) >= 11 is 0. The van der Waals surface area contributed by atoms with Gasteiger partial charge in [0.2, 0.25) is 0 Å². The van der Waals surface area contributed by atoms with E-state index >= 15 is 0 Å². The summed E-state index contributed by atoms with van der Waals surface area (Å²) in [5.41, 5.74) is 1.15. The highest BCUT2D eigenvalue weighted by Crippen LogP contribution is 2.21. The number of nitrogens with zero attached hydrogens (tertiary/aromatic N) is 2. The summed E-state index contributed by atoms with van der Waals surface area (Å²) in [6.07, 6.45) is 16.8. The number of amides is 2. The number of hydrogen-bond acceptors (Lipinski definition) is 2. The van der Waals surface area contributed by atoms with Gasteiger partial charge in [-0.3, -0.25) is 19.4 Å². The lowest BCUT2D eigenvalue weighted by Gasteiger charge is -2.27. The zero-order valence-electron chi connectivity index (χ0n) is 9.48. The molecule has 3 heterocycles. The lowest BCUT2D eigenvalue weighted by Crippen LogP contribution is -2.32. The maximum Gasteiger partial charge on any atom is 0.257 e. The molecule has 88 valence electrons. The van der Waals surface area contributed by atoms with Crippen LogP contribution in [0.1, 0.15) is 0 Å². The molecular formula is C14H10N2O2. The van der Waals surface area contributed by atoms with E-state index in [2.05, 4.69) is 0 Å². The Kier molecular flexibility index (Phi) is 2.34. The molecule has 0 aromatic rings.